The van der Waals surface area contributed by atoms with Crippen molar-refractivity contribution in [1.82, 2.24) is 10.2 Å². The zero-order valence-electron chi connectivity index (χ0n) is 8.78. The second kappa shape index (κ2) is 3.84. The number of ether oxygens (including phenoxy) is 1. The van der Waals surface area contributed by atoms with Gasteiger partial charge in [0.05, 0.1) is 12.5 Å². The lowest BCUT2D eigenvalue weighted by atomic mass is 10.0. The smallest absolute Gasteiger partial charge is 0.314 e. The monoisotopic (exact) mass is 207 g/mol. The van der Waals surface area contributed by atoms with Crippen LogP contribution in [0.1, 0.15) is 19.0 Å². The summed E-state index contributed by atoms with van der Waals surface area (Å²) in [4.78, 5) is 15.6. The number of nitrogens with zero attached hydrogens (tertiary/aromatic N) is 2. The molecule has 1 aromatic heterocycles. The number of H-pyrrole nitrogens is 1. The highest BCUT2D eigenvalue weighted by atomic mass is 16.5. The van der Waals surface area contributed by atoms with E-state index >= 15 is 0 Å². The van der Waals surface area contributed by atoms with Gasteiger partial charge in [0.2, 0.25) is 0 Å². The van der Waals surface area contributed by atoms with Crippen LogP contribution in [0.4, 0.5) is 5.82 Å². The van der Waals surface area contributed by atoms with Crippen molar-refractivity contribution in [2.45, 2.75) is 20.3 Å². The molecule has 1 saturated heterocycles. The van der Waals surface area contributed by atoms with Gasteiger partial charge in [0.25, 0.3) is 0 Å². The first-order chi connectivity index (χ1) is 7.16. The van der Waals surface area contributed by atoms with Crippen LogP contribution < -0.4 is 0 Å². The molecule has 1 fully saturated rings. The van der Waals surface area contributed by atoms with E-state index in [2.05, 4.69) is 15.2 Å². The van der Waals surface area contributed by atoms with Gasteiger partial charge >= 0.3 is 5.97 Å². The van der Waals surface area contributed by atoms with Crippen molar-refractivity contribution >= 4 is 17.5 Å². The first-order valence-corrected chi connectivity index (χ1v) is 4.90. The number of aromatic nitrogens is 2. The average Bonchev–Trinajstić information content (AvgIpc) is 2.75. The number of nitrogens with one attached hydrogen (secondary N) is 1. The number of carbonyl (C=O) groups excluding carboxylic acids is 1. The number of cyclic esters (lactones) is 1. The molecule has 0 radical (unpaired) electrons. The lowest BCUT2D eigenvalue weighted by molar-refractivity contribution is -0.139. The van der Waals surface area contributed by atoms with Crippen LogP contribution in [0.3, 0.4) is 0 Å². The van der Waals surface area contributed by atoms with Crippen LogP contribution in [0.5, 0.6) is 0 Å². The van der Waals surface area contributed by atoms with Gasteiger partial charge in [0.15, 0.2) is 5.82 Å². The Labute approximate surface area is 87.5 Å². The third-order valence-electron chi connectivity index (χ3n) is 2.42. The van der Waals surface area contributed by atoms with Crippen LogP contribution in [0.15, 0.2) is 11.1 Å². The molecule has 0 bridgehead atoms. The van der Waals surface area contributed by atoms with Gasteiger partial charge in [-0.2, -0.15) is 5.10 Å². The van der Waals surface area contributed by atoms with E-state index in [0.29, 0.717) is 12.4 Å². The van der Waals surface area contributed by atoms with Crippen molar-refractivity contribution in [1.29, 1.82) is 0 Å². The fraction of sp³-hybridized carbons (Fsp3) is 0.500. The Bertz CT molecular complexity index is 409. The maximum absolute atomic E-state index is 11.3. The number of aliphatic imine (C=N–C) groups is 1. The minimum atomic E-state index is -0.193. The normalized spacial score (nSPS) is 21.9. The quantitative estimate of drug-likeness (QED) is 0.588. The lowest BCUT2D eigenvalue weighted by Crippen LogP contribution is -2.16. The molecule has 1 atom stereocenters. The highest BCUT2D eigenvalue weighted by Gasteiger charge is 2.29. The van der Waals surface area contributed by atoms with E-state index in [4.69, 9.17) is 4.74 Å². The molecule has 80 valence electrons. The van der Waals surface area contributed by atoms with Crippen LogP contribution in [-0.2, 0) is 9.53 Å². The van der Waals surface area contributed by atoms with Crippen molar-refractivity contribution in [3.05, 3.63) is 11.8 Å². The van der Waals surface area contributed by atoms with E-state index in [1.54, 1.807) is 0 Å². The van der Waals surface area contributed by atoms with Gasteiger partial charge in [-0.05, 0) is 13.8 Å². The molecule has 0 saturated carbocycles. The first kappa shape index (κ1) is 9.89. The molecule has 5 nitrogen and oxygen atoms in total. The van der Waals surface area contributed by atoms with Gasteiger partial charge in [0, 0.05) is 23.9 Å². The van der Waals surface area contributed by atoms with E-state index in [1.807, 2.05) is 19.9 Å². The summed E-state index contributed by atoms with van der Waals surface area (Å²) in [5, 5.41) is 6.79. The third-order valence-corrected chi connectivity index (χ3v) is 2.42. The van der Waals surface area contributed by atoms with Gasteiger partial charge in [-0.25, -0.2) is 4.99 Å². The summed E-state index contributed by atoms with van der Waals surface area (Å²) < 4.78 is 4.88. The van der Waals surface area contributed by atoms with E-state index < -0.39 is 0 Å². The molecule has 0 aromatic carbocycles. The second-order valence-electron chi connectivity index (χ2n) is 3.67. The van der Waals surface area contributed by atoms with Gasteiger partial charge in [-0.15, -0.1) is 0 Å². The van der Waals surface area contributed by atoms with Gasteiger partial charge < -0.3 is 4.74 Å². The Morgan fingerprint density at radius 1 is 1.73 bits per heavy atom. The molecule has 1 aliphatic heterocycles. The van der Waals surface area contributed by atoms with Crippen LogP contribution in [0.2, 0.25) is 0 Å². The summed E-state index contributed by atoms with van der Waals surface area (Å²) in [5.41, 5.74) is 1.72. The molecule has 1 aliphatic rings. The molecular weight excluding hydrogens is 194 g/mol. The van der Waals surface area contributed by atoms with Crippen molar-refractivity contribution in [3.63, 3.8) is 0 Å². The Kier molecular flexibility index (Phi) is 2.53. The molecule has 0 unspecified atom stereocenters. The Morgan fingerprint density at radius 2 is 2.53 bits per heavy atom. The highest BCUT2D eigenvalue weighted by molar-refractivity contribution is 6.02. The van der Waals surface area contributed by atoms with Crippen molar-refractivity contribution in [2.75, 3.05) is 6.61 Å². The lowest BCUT2D eigenvalue weighted by Gasteiger charge is -2.02. The molecular formula is C10H13N3O2. The summed E-state index contributed by atoms with van der Waals surface area (Å²) in [6, 6.07) is 1.84. The second-order valence-corrected chi connectivity index (χ2v) is 3.67. The highest BCUT2D eigenvalue weighted by Crippen LogP contribution is 2.19. The van der Waals surface area contributed by atoms with Crippen molar-refractivity contribution in [3.8, 4) is 0 Å². The zero-order chi connectivity index (χ0) is 10.8. The average molecular weight is 207 g/mol. The number of hydrogen-bond acceptors (Lipinski definition) is 4. The summed E-state index contributed by atoms with van der Waals surface area (Å²) >= 11 is 0. The number of carbonyl (C=O) groups is 1. The number of aryl methyl sites for hydroxylation is 1. The van der Waals surface area contributed by atoms with Gasteiger partial charge in [-0.1, -0.05) is 0 Å². The van der Waals surface area contributed by atoms with Crippen molar-refractivity contribution < 1.29 is 9.53 Å². The number of hydrogen-bond donors (Lipinski definition) is 1. The molecule has 0 aliphatic carbocycles. The van der Waals surface area contributed by atoms with Crippen LogP contribution in [0.25, 0.3) is 0 Å². The largest absolute Gasteiger partial charge is 0.465 e. The molecule has 0 amide bonds. The summed E-state index contributed by atoms with van der Waals surface area (Å²) in [5.74, 6) is 0.246. The Balaban J connectivity index is 2.16. The topological polar surface area (TPSA) is 67.3 Å². The minimum Gasteiger partial charge on any atom is -0.465 e. The van der Waals surface area contributed by atoms with E-state index in [-0.39, 0.29) is 11.9 Å². The van der Waals surface area contributed by atoms with Gasteiger partial charge in [0.1, 0.15) is 0 Å². The van der Waals surface area contributed by atoms with E-state index in [9.17, 15) is 4.79 Å². The maximum atomic E-state index is 11.3. The van der Waals surface area contributed by atoms with Crippen molar-refractivity contribution in [2.24, 2.45) is 10.9 Å². The number of esters is 1. The number of rotatable bonds is 2. The molecule has 1 aromatic rings. The molecule has 2 rings (SSSR count). The third kappa shape index (κ3) is 2.06. The SMILES string of the molecule is CC(=Nc1cc(C)[nH]n1)[C@@H]1CCOC1=O. The fourth-order valence-corrected chi connectivity index (χ4v) is 1.59. The van der Waals surface area contributed by atoms with E-state index in [1.165, 1.54) is 0 Å². The van der Waals surface area contributed by atoms with E-state index in [0.717, 1.165) is 17.8 Å². The Hall–Kier alpha value is -1.65. The zero-order valence-corrected chi connectivity index (χ0v) is 8.78. The maximum Gasteiger partial charge on any atom is 0.314 e. The number of aromatic amines is 1. The van der Waals surface area contributed by atoms with Gasteiger partial charge in [-0.3, -0.25) is 9.89 Å². The molecule has 0 spiro atoms. The fourth-order valence-electron chi connectivity index (χ4n) is 1.59. The molecule has 2 heterocycles. The predicted molar refractivity (Wildman–Crippen MR) is 55.2 cm³/mol. The standard InChI is InChI=1S/C10H13N3O2/c1-6-5-9(13-12-6)11-7(2)8-3-4-15-10(8)14/h5,8H,3-4H2,1-2H3,(H,12,13)/t8-/m0/s1. The minimum absolute atomic E-state index is 0.177. The molecule has 1 N–H and O–H groups in total. The summed E-state index contributed by atoms with van der Waals surface area (Å²) in [6.45, 7) is 4.24. The molecule has 15 heavy (non-hydrogen) atoms. The summed E-state index contributed by atoms with van der Waals surface area (Å²) in [7, 11) is 0. The molecule has 5 heteroatoms. The predicted octanol–water partition coefficient (Wildman–Crippen LogP) is 1.37. The Morgan fingerprint density at radius 3 is 3.07 bits per heavy atom. The first-order valence-electron chi connectivity index (χ1n) is 4.90. The van der Waals surface area contributed by atoms with Crippen LogP contribution >= 0.6 is 0 Å². The summed E-state index contributed by atoms with van der Waals surface area (Å²) in [6.07, 6.45) is 0.720. The van der Waals surface area contributed by atoms with Crippen LogP contribution in [0, 0.1) is 12.8 Å². The van der Waals surface area contributed by atoms with Crippen LogP contribution in [-0.4, -0.2) is 28.5 Å².